The summed E-state index contributed by atoms with van der Waals surface area (Å²) in [5.74, 6) is 0. The van der Waals surface area contributed by atoms with Gasteiger partial charge in [0.2, 0.25) is 0 Å². The van der Waals surface area contributed by atoms with E-state index in [0.717, 1.165) is 0 Å². The average molecular weight is 445 g/mol. The van der Waals surface area contributed by atoms with Crippen molar-refractivity contribution < 1.29 is 48.6 Å². The third-order valence-electron chi connectivity index (χ3n) is 0. The van der Waals surface area contributed by atoms with Gasteiger partial charge >= 0.3 is 18.5 Å². The van der Waals surface area contributed by atoms with Crippen molar-refractivity contribution in [2.24, 2.45) is 0 Å². The average Bonchev–Trinajstić information content (AvgIpc) is 2.50. The Morgan fingerprint density at radius 2 is 0.895 bits per heavy atom. The number of halogens is 4. The highest BCUT2D eigenvalue weighted by Crippen LogP contribution is 1.48. The zero-order valence-electron chi connectivity index (χ0n) is 12.7. The number of quaternary nitrogens is 1. The normalized spacial score (nSPS) is 3.74. The summed E-state index contributed by atoms with van der Waals surface area (Å²) in [5, 5.41) is 0. The molecule has 0 aromatic heterocycles. The predicted molar refractivity (Wildman–Crippen MR) is 86.1 cm³/mol. The molecule has 7 nitrogen and oxygen atoms in total. The molecule has 19 heavy (non-hydrogen) atoms. The summed E-state index contributed by atoms with van der Waals surface area (Å²) in [6.45, 7) is 0. The Balaban J connectivity index is -0.00000000455. The summed E-state index contributed by atoms with van der Waals surface area (Å²) < 4.78 is 50.9. The molecule has 0 saturated heterocycles. The van der Waals surface area contributed by atoms with Gasteiger partial charge in [-0.1, -0.05) is 44.9 Å². The van der Waals surface area contributed by atoms with Crippen LogP contribution < -0.4 is 6.15 Å². The van der Waals surface area contributed by atoms with Crippen molar-refractivity contribution in [3.63, 3.8) is 0 Å². The smallest absolute Gasteiger partial charge is 0.369 e. The lowest BCUT2D eigenvalue weighted by Gasteiger charge is -1.05. The third-order valence-corrected chi connectivity index (χ3v) is 0. The van der Waals surface area contributed by atoms with E-state index in [1.807, 2.05) is 22.6 Å². The van der Waals surface area contributed by atoms with Gasteiger partial charge < -0.3 is 6.15 Å². The van der Waals surface area contributed by atoms with E-state index in [4.69, 9.17) is 45.6 Å². The van der Waals surface area contributed by atoms with Crippen molar-refractivity contribution >= 4 is 50.9 Å². The quantitative estimate of drug-likeness (QED) is 0.346. The van der Waals surface area contributed by atoms with Gasteiger partial charge in [-0.15, -0.1) is 0 Å². The Labute approximate surface area is 139 Å². The van der Waals surface area contributed by atoms with Gasteiger partial charge in [0.15, 0.2) is 0 Å². The summed E-state index contributed by atoms with van der Waals surface area (Å²) >= 11 is 1.96. The lowest BCUT2D eigenvalue weighted by Crippen LogP contribution is -1.22. The molecule has 1 unspecified atom stereocenters. The van der Waals surface area contributed by atoms with E-state index in [9.17, 15) is 0 Å². The van der Waals surface area contributed by atoms with Crippen LogP contribution in [0, 0.1) is 0 Å². The number of alkyl halides is 1. The Morgan fingerprint density at radius 3 is 0.895 bits per heavy atom. The summed E-state index contributed by atoms with van der Waals surface area (Å²) in [5.41, 5.74) is 0. The first-order valence-electron chi connectivity index (χ1n) is 3.91. The Bertz CT molecular complexity index is 167. The standard InChI is InChI=1S/CH3I.3CO2.3CH4.3FH.H3N.H3P.3H2/c1-2;3*2-1-3;;;;;;;;;;;/h1H3;;;;3*1H4;3*1H;2*1H3;3*1H/p+1/i1D;;;;;;;;;;;1D;;;/hD3. The fraction of sp³-hybridized carbons (Fsp3) is 0.571. The predicted octanol–water partition coefficient (Wildman–Crippen LogP) is 2.84. The second-order valence-corrected chi connectivity index (χ2v) is 0.250. The van der Waals surface area contributed by atoms with Gasteiger partial charge in [-0.3, -0.25) is 14.2 Å². The SMILES string of the molecule is C.C.C.O=C=O.O=C=O.O=C=O.[2H]CI.[2H]F.[2H]F.[2H]F.[2H]P.[HH].[HH].[HH].[NH4+]. The minimum atomic E-state index is 0. The maximum Gasteiger partial charge on any atom is 0.373 e. The van der Waals surface area contributed by atoms with Crippen molar-refractivity contribution in [1.29, 1.82) is 5.63 Å². The van der Waals surface area contributed by atoms with Crippen LogP contribution in [0.2, 0.25) is 0 Å². The summed E-state index contributed by atoms with van der Waals surface area (Å²) in [6, 6.07) is 0. The molecule has 0 saturated carbocycles. The van der Waals surface area contributed by atoms with E-state index in [-0.39, 0.29) is 51.2 Å². The fourth-order valence-electron chi connectivity index (χ4n) is 0. The molecule has 1 atom stereocenters. The van der Waals surface area contributed by atoms with Gasteiger partial charge in [-0.25, -0.2) is 0 Å². The molecule has 0 fully saturated rings. The van der Waals surface area contributed by atoms with E-state index in [1.54, 1.807) is 9.84 Å². The number of carbonyl (C=O) groups excluding carboxylic acids is 6. The van der Waals surface area contributed by atoms with Gasteiger partial charge in [0.05, 0.1) is 1.28 Å². The first kappa shape index (κ1) is 43.0. The van der Waals surface area contributed by atoms with Crippen LogP contribution in [-0.2, 0) is 28.8 Å². The zero-order valence-corrected chi connectivity index (χ0v) is 11.1. The van der Waals surface area contributed by atoms with Crippen molar-refractivity contribution in [2.45, 2.75) is 22.3 Å². The molecule has 12 heteroatoms. The molecule has 132 valence electrons. The molecular formula is C7H31F3INO6P+. The van der Waals surface area contributed by atoms with E-state index in [0.29, 0.717) is 4.91 Å². The third kappa shape index (κ3) is 4280. The molecule has 0 aliphatic carbocycles. The molecule has 0 aliphatic heterocycles. The minimum Gasteiger partial charge on any atom is -0.369 e. The molecule has 0 heterocycles. The van der Waals surface area contributed by atoms with E-state index < -0.39 is 0 Å². The highest BCUT2D eigenvalue weighted by atomic mass is 127. The lowest BCUT2D eigenvalue weighted by atomic mass is 11.8. The number of rotatable bonds is 0. The molecule has 4 N–H and O–H groups in total. The molecule has 0 bridgehead atoms. The molecule has 0 aromatic carbocycles. The van der Waals surface area contributed by atoms with Crippen molar-refractivity contribution in [3.8, 4) is 0 Å². The van der Waals surface area contributed by atoms with Crippen LogP contribution in [0.5, 0.6) is 0 Å². The van der Waals surface area contributed by atoms with Crippen molar-refractivity contribution in [1.82, 2.24) is 6.15 Å². The van der Waals surface area contributed by atoms with Crippen molar-refractivity contribution in [2.75, 3.05) is 4.91 Å². The molecule has 0 spiro atoms. The lowest BCUT2D eigenvalue weighted by molar-refractivity contribution is -0.193. The fourth-order valence-corrected chi connectivity index (χ4v) is 0. The summed E-state index contributed by atoms with van der Waals surface area (Å²) in [6.07, 6.45) is 0.750. The van der Waals surface area contributed by atoms with E-state index in [1.165, 1.54) is 0 Å². The molecular weight excluding hydrogens is 409 g/mol. The summed E-state index contributed by atoms with van der Waals surface area (Å²) in [7, 11) is 1.67. The molecule has 0 radical (unpaired) electrons. The van der Waals surface area contributed by atoms with Gasteiger partial charge in [0, 0.05) is 5.65 Å². The topological polar surface area (TPSA) is 139 Å². The second kappa shape index (κ2) is 1050. The van der Waals surface area contributed by atoms with Gasteiger partial charge in [0.1, 0.15) is 0 Å². The van der Waals surface area contributed by atoms with Gasteiger partial charge in [-0.2, -0.15) is 38.6 Å². The maximum atomic E-state index is 8.75. The number of hydrogen-bond acceptors (Lipinski definition) is 6. The maximum absolute atomic E-state index is 8.75. The molecule has 0 rings (SSSR count). The van der Waals surface area contributed by atoms with Gasteiger partial charge in [-0.05, 0) is 4.91 Å². The second-order valence-electron chi connectivity index (χ2n) is 0.250. The summed E-state index contributed by atoms with van der Waals surface area (Å²) in [4.78, 5) is 49.2. The zero-order chi connectivity index (χ0) is 18.8. The van der Waals surface area contributed by atoms with Crippen LogP contribution in [-0.4, -0.2) is 29.0 Å². The van der Waals surface area contributed by atoms with Crippen LogP contribution in [0.25, 0.3) is 0 Å². The molecule has 0 aromatic rings. The highest BCUT2D eigenvalue weighted by molar-refractivity contribution is 14.1. The first-order chi connectivity index (χ1) is 9.66. The molecule has 0 amide bonds. The van der Waals surface area contributed by atoms with E-state index in [2.05, 4.69) is 4.35 Å². The highest BCUT2D eigenvalue weighted by Gasteiger charge is 1.14. The van der Waals surface area contributed by atoms with Crippen molar-refractivity contribution in [3.05, 3.63) is 0 Å². The minimum absolute atomic E-state index is 0. The van der Waals surface area contributed by atoms with Crippen LogP contribution in [0.15, 0.2) is 0 Å². The van der Waals surface area contributed by atoms with Gasteiger partial charge in [0.25, 0.3) is 4.35 Å². The van der Waals surface area contributed by atoms with Crippen LogP contribution in [0.3, 0.4) is 0 Å². The Kier molecular flexibility index (Phi) is 2360. The van der Waals surface area contributed by atoms with Crippen LogP contribution in [0.1, 0.15) is 27.9 Å². The van der Waals surface area contributed by atoms with Crippen LogP contribution in [0.4, 0.5) is 14.2 Å². The monoisotopic (exact) mass is 445 g/mol. The van der Waals surface area contributed by atoms with Crippen LogP contribution >= 0.6 is 32.4 Å². The Morgan fingerprint density at radius 1 is 0.895 bits per heavy atom. The first-order valence-corrected chi connectivity index (χ1v) is 3.02. The molecule has 0 aliphatic rings. The number of hydrogen-bond donors (Lipinski definition) is 1. The largest absolute Gasteiger partial charge is 0.373 e. The van der Waals surface area contributed by atoms with E-state index >= 15 is 0 Å². The Hall–Kier alpha value is -0.950.